The van der Waals surface area contributed by atoms with E-state index in [0.29, 0.717) is 17.8 Å². The van der Waals surface area contributed by atoms with Crippen LogP contribution in [0.15, 0.2) is 37.2 Å². The summed E-state index contributed by atoms with van der Waals surface area (Å²) in [6.45, 7) is 3.99. The summed E-state index contributed by atoms with van der Waals surface area (Å²) in [4.78, 5) is 15.0. The van der Waals surface area contributed by atoms with Crippen molar-refractivity contribution in [3.8, 4) is 11.3 Å². The van der Waals surface area contributed by atoms with Crippen LogP contribution >= 0.6 is 0 Å². The summed E-state index contributed by atoms with van der Waals surface area (Å²) in [5, 5.41) is 16.5. The van der Waals surface area contributed by atoms with E-state index in [-0.39, 0.29) is 5.69 Å². The second kappa shape index (κ2) is 4.56. The predicted octanol–water partition coefficient (Wildman–Crippen LogP) is 1.22. The quantitative estimate of drug-likeness (QED) is 0.799. The van der Waals surface area contributed by atoms with Gasteiger partial charge >= 0.3 is 5.97 Å². The van der Waals surface area contributed by atoms with Gasteiger partial charge in [0.1, 0.15) is 5.69 Å². The Labute approximate surface area is 97.2 Å². The maximum Gasteiger partial charge on any atom is 0.358 e. The van der Waals surface area contributed by atoms with Crippen LogP contribution in [-0.2, 0) is 6.54 Å². The third-order valence-corrected chi connectivity index (χ3v) is 2.17. The van der Waals surface area contributed by atoms with Gasteiger partial charge in [0, 0.05) is 18.0 Å². The van der Waals surface area contributed by atoms with Gasteiger partial charge in [0.25, 0.3) is 0 Å². The van der Waals surface area contributed by atoms with Crippen molar-refractivity contribution < 1.29 is 9.90 Å². The van der Waals surface area contributed by atoms with Gasteiger partial charge in [0.05, 0.1) is 6.54 Å². The molecular weight excluding hydrogens is 220 g/mol. The van der Waals surface area contributed by atoms with Crippen molar-refractivity contribution in [2.24, 2.45) is 0 Å². The number of allylic oxidation sites excluding steroid dienone is 1. The first-order valence-corrected chi connectivity index (χ1v) is 4.92. The minimum atomic E-state index is -1.11. The van der Waals surface area contributed by atoms with Crippen molar-refractivity contribution in [2.45, 2.75) is 6.54 Å². The van der Waals surface area contributed by atoms with Crippen molar-refractivity contribution >= 4 is 5.97 Å². The van der Waals surface area contributed by atoms with Gasteiger partial charge in [0.15, 0.2) is 5.69 Å². The average molecular weight is 230 g/mol. The Morgan fingerprint density at radius 3 is 3.00 bits per heavy atom. The normalized spacial score (nSPS) is 10.1. The highest BCUT2D eigenvalue weighted by molar-refractivity contribution is 5.92. The Kier molecular flexibility index (Phi) is 2.95. The molecule has 1 N–H and O–H groups in total. The second-order valence-electron chi connectivity index (χ2n) is 3.30. The Bertz CT molecular complexity index is 548. The van der Waals surface area contributed by atoms with E-state index in [9.17, 15) is 4.79 Å². The SMILES string of the molecule is C=CCn1nnc(C(=O)O)c1-c1cccnc1. The zero-order chi connectivity index (χ0) is 12.3. The lowest BCUT2D eigenvalue weighted by Crippen LogP contribution is -2.03. The molecule has 0 bridgehead atoms. The number of aromatic nitrogens is 4. The number of hydrogen-bond acceptors (Lipinski definition) is 4. The summed E-state index contributed by atoms with van der Waals surface area (Å²) >= 11 is 0. The summed E-state index contributed by atoms with van der Waals surface area (Å²) in [6, 6.07) is 3.49. The Hall–Kier alpha value is -2.50. The van der Waals surface area contributed by atoms with Crippen LogP contribution < -0.4 is 0 Å². The van der Waals surface area contributed by atoms with Crippen molar-refractivity contribution in [1.29, 1.82) is 0 Å². The summed E-state index contributed by atoms with van der Waals surface area (Å²) < 4.78 is 1.48. The number of carboxylic acids is 1. The van der Waals surface area contributed by atoms with Crippen LogP contribution in [0.4, 0.5) is 0 Å². The molecule has 0 aliphatic carbocycles. The molecule has 0 radical (unpaired) electrons. The summed E-state index contributed by atoms with van der Waals surface area (Å²) in [6.07, 6.45) is 4.82. The van der Waals surface area contributed by atoms with Gasteiger partial charge in [-0.15, -0.1) is 11.7 Å². The van der Waals surface area contributed by atoms with Crippen LogP contribution in [0, 0.1) is 0 Å². The van der Waals surface area contributed by atoms with Gasteiger partial charge in [-0.3, -0.25) is 4.98 Å². The predicted molar refractivity (Wildman–Crippen MR) is 60.4 cm³/mol. The number of carbonyl (C=O) groups is 1. The van der Waals surface area contributed by atoms with Crippen molar-refractivity contribution in [3.05, 3.63) is 42.9 Å². The minimum Gasteiger partial charge on any atom is -0.476 e. The Morgan fingerprint density at radius 2 is 2.41 bits per heavy atom. The largest absolute Gasteiger partial charge is 0.476 e. The molecule has 2 aromatic heterocycles. The molecule has 2 aromatic rings. The molecule has 0 saturated heterocycles. The van der Waals surface area contributed by atoms with E-state index in [1.165, 1.54) is 4.68 Å². The number of nitrogens with zero attached hydrogens (tertiary/aromatic N) is 4. The fourth-order valence-electron chi connectivity index (χ4n) is 1.50. The first kappa shape index (κ1) is 11.0. The zero-order valence-corrected chi connectivity index (χ0v) is 8.95. The number of rotatable bonds is 4. The molecule has 2 heterocycles. The highest BCUT2D eigenvalue weighted by Crippen LogP contribution is 2.21. The van der Waals surface area contributed by atoms with Gasteiger partial charge < -0.3 is 5.11 Å². The van der Waals surface area contributed by atoms with Crippen molar-refractivity contribution in [3.63, 3.8) is 0 Å². The topological polar surface area (TPSA) is 80.9 Å². The number of aromatic carboxylic acids is 1. The fourth-order valence-corrected chi connectivity index (χ4v) is 1.50. The van der Waals surface area contributed by atoms with Crippen LogP contribution in [0.2, 0.25) is 0 Å². The molecule has 6 heteroatoms. The first-order valence-electron chi connectivity index (χ1n) is 4.92. The highest BCUT2D eigenvalue weighted by Gasteiger charge is 2.19. The molecule has 0 aromatic carbocycles. The monoisotopic (exact) mass is 230 g/mol. The van der Waals surface area contributed by atoms with Crippen LogP contribution in [0.5, 0.6) is 0 Å². The summed E-state index contributed by atoms with van der Waals surface area (Å²) in [5.41, 5.74) is 1.02. The van der Waals surface area contributed by atoms with E-state index in [1.807, 2.05) is 0 Å². The van der Waals surface area contributed by atoms with Crippen LogP contribution in [0.25, 0.3) is 11.3 Å². The third-order valence-electron chi connectivity index (χ3n) is 2.17. The fraction of sp³-hybridized carbons (Fsp3) is 0.0909. The van der Waals surface area contributed by atoms with Gasteiger partial charge in [-0.05, 0) is 12.1 Å². The second-order valence-corrected chi connectivity index (χ2v) is 3.30. The van der Waals surface area contributed by atoms with E-state index in [1.54, 1.807) is 30.6 Å². The van der Waals surface area contributed by atoms with E-state index in [4.69, 9.17) is 5.11 Å². The molecule has 0 amide bonds. The molecule has 0 aliphatic rings. The van der Waals surface area contributed by atoms with Crippen LogP contribution in [0.1, 0.15) is 10.5 Å². The van der Waals surface area contributed by atoms with Gasteiger partial charge in [0.2, 0.25) is 0 Å². The van der Waals surface area contributed by atoms with E-state index in [0.717, 1.165) is 0 Å². The zero-order valence-electron chi connectivity index (χ0n) is 8.95. The molecule has 17 heavy (non-hydrogen) atoms. The lowest BCUT2D eigenvalue weighted by molar-refractivity contribution is 0.0691. The lowest BCUT2D eigenvalue weighted by atomic mass is 10.1. The van der Waals surface area contributed by atoms with Gasteiger partial charge in [-0.25, -0.2) is 9.48 Å². The molecular formula is C11H10N4O2. The van der Waals surface area contributed by atoms with Crippen LogP contribution in [-0.4, -0.2) is 31.1 Å². The van der Waals surface area contributed by atoms with Crippen molar-refractivity contribution in [2.75, 3.05) is 0 Å². The van der Waals surface area contributed by atoms with Crippen LogP contribution in [0.3, 0.4) is 0 Å². The van der Waals surface area contributed by atoms with Gasteiger partial charge in [-0.1, -0.05) is 11.3 Å². The smallest absolute Gasteiger partial charge is 0.358 e. The Morgan fingerprint density at radius 1 is 1.59 bits per heavy atom. The number of pyridine rings is 1. The van der Waals surface area contributed by atoms with E-state index >= 15 is 0 Å². The molecule has 0 aliphatic heterocycles. The summed E-state index contributed by atoms with van der Waals surface area (Å²) in [7, 11) is 0. The first-order chi connectivity index (χ1) is 8.24. The van der Waals surface area contributed by atoms with E-state index in [2.05, 4.69) is 21.9 Å². The standard InChI is InChI=1S/C11H10N4O2/c1-2-6-15-10(8-4-3-5-12-7-8)9(11(16)17)13-14-15/h2-5,7H,1,6H2,(H,16,17). The number of carboxylic acid groups (broad SMARTS) is 1. The van der Waals surface area contributed by atoms with Crippen molar-refractivity contribution in [1.82, 2.24) is 20.0 Å². The molecule has 2 rings (SSSR count). The maximum absolute atomic E-state index is 11.1. The van der Waals surface area contributed by atoms with E-state index < -0.39 is 5.97 Å². The molecule has 0 spiro atoms. The lowest BCUT2D eigenvalue weighted by Gasteiger charge is -2.03. The van der Waals surface area contributed by atoms with Gasteiger partial charge in [-0.2, -0.15) is 0 Å². The molecule has 86 valence electrons. The molecule has 0 fully saturated rings. The summed E-state index contributed by atoms with van der Waals surface area (Å²) in [5.74, 6) is -1.11. The third kappa shape index (κ3) is 2.05. The highest BCUT2D eigenvalue weighted by atomic mass is 16.4. The minimum absolute atomic E-state index is 0.0835. The maximum atomic E-state index is 11.1. The molecule has 0 unspecified atom stereocenters. The Balaban J connectivity index is 2.60. The molecule has 6 nitrogen and oxygen atoms in total. The molecule has 0 saturated carbocycles. The number of hydrogen-bond donors (Lipinski definition) is 1. The average Bonchev–Trinajstić information content (AvgIpc) is 2.74. The molecule has 0 atom stereocenters.